The van der Waals surface area contributed by atoms with Gasteiger partial charge in [0.25, 0.3) is 0 Å². The van der Waals surface area contributed by atoms with Crippen LogP contribution in [0.2, 0.25) is 0 Å². The quantitative estimate of drug-likeness (QED) is 0.488. The zero-order valence-electron chi connectivity index (χ0n) is 10.2. The summed E-state index contributed by atoms with van der Waals surface area (Å²) in [5.41, 5.74) is 0. The second-order valence-electron chi connectivity index (χ2n) is 4.17. The SMILES string of the molecule is CC(CCl)CCCNCCCOCC(F)(F)F. The maximum Gasteiger partial charge on any atom is 0.411 e. The molecule has 0 bridgehead atoms. The second-order valence-corrected chi connectivity index (χ2v) is 4.48. The molecule has 1 atom stereocenters. The van der Waals surface area contributed by atoms with E-state index in [4.69, 9.17) is 11.6 Å². The normalized spacial score (nSPS) is 13.9. The van der Waals surface area contributed by atoms with Crippen LogP contribution in [-0.2, 0) is 4.74 Å². The molecule has 0 aliphatic rings. The molecule has 0 heterocycles. The number of ether oxygens (including phenoxy) is 1. The molecule has 17 heavy (non-hydrogen) atoms. The Morgan fingerprint density at radius 2 is 1.88 bits per heavy atom. The molecule has 0 radical (unpaired) electrons. The van der Waals surface area contributed by atoms with Crippen molar-refractivity contribution in [2.45, 2.75) is 32.4 Å². The predicted molar refractivity (Wildman–Crippen MR) is 63.5 cm³/mol. The van der Waals surface area contributed by atoms with Gasteiger partial charge in [-0.2, -0.15) is 13.2 Å². The van der Waals surface area contributed by atoms with E-state index in [9.17, 15) is 13.2 Å². The lowest BCUT2D eigenvalue weighted by Gasteiger charge is -2.09. The summed E-state index contributed by atoms with van der Waals surface area (Å²) in [6.45, 7) is 2.65. The number of alkyl halides is 4. The van der Waals surface area contributed by atoms with E-state index in [0.717, 1.165) is 19.4 Å². The molecular formula is C11H21ClF3NO. The topological polar surface area (TPSA) is 21.3 Å². The Hall–Kier alpha value is -0.0000000000000000555. The maximum atomic E-state index is 11.7. The first-order valence-electron chi connectivity index (χ1n) is 5.87. The van der Waals surface area contributed by atoms with Gasteiger partial charge in [-0.3, -0.25) is 0 Å². The van der Waals surface area contributed by atoms with Crippen molar-refractivity contribution in [1.29, 1.82) is 0 Å². The number of halogens is 4. The standard InChI is InChI=1S/C11H21ClF3NO/c1-10(8-12)4-2-5-16-6-3-7-17-9-11(13,14)15/h10,16H,2-9H2,1H3. The zero-order chi connectivity index (χ0) is 13.1. The van der Waals surface area contributed by atoms with Crippen LogP contribution in [0.3, 0.4) is 0 Å². The Morgan fingerprint density at radius 1 is 1.24 bits per heavy atom. The molecule has 0 saturated carbocycles. The molecule has 2 nitrogen and oxygen atoms in total. The molecule has 6 heteroatoms. The van der Waals surface area contributed by atoms with Gasteiger partial charge in [0.1, 0.15) is 6.61 Å². The monoisotopic (exact) mass is 275 g/mol. The highest BCUT2D eigenvalue weighted by atomic mass is 35.5. The minimum atomic E-state index is -4.22. The van der Waals surface area contributed by atoms with Crippen LogP contribution in [0.5, 0.6) is 0 Å². The Bertz CT molecular complexity index is 179. The van der Waals surface area contributed by atoms with Gasteiger partial charge in [-0.25, -0.2) is 0 Å². The van der Waals surface area contributed by atoms with Gasteiger partial charge in [0.05, 0.1) is 0 Å². The Labute approximate surface area is 106 Å². The van der Waals surface area contributed by atoms with E-state index in [2.05, 4.69) is 17.0 Å². The van der Waals surface area contributed by atoms with Crippen LogP contribution in [0.1, 0.15) is 26.2 Å². The largest absolute Gasteiger partial charge is 0.411 e. The van der Waals surface area contributed by atoms with E-state index in [-0.39, 0.29) is 6.61 Å². The fourth-order valence-electron chi connectivity index (χ4n) is 1.26. The van der Waals surface area contributed by atoms with Crippen molar-refractivity contribution < 1.29 is 17.9 Å². The highest BCUT2D eigenvalue weighted by Crippen LogP contribution is 2.14. The number of hydrogen-bond acceptors (Lipinski definition) is 2. The van der Waals surface area contributed by atoms with Crippen LogP contribution >= 0.6 is 11.6 Å². The molecule has 0 rings (SSSR count). The molecule has 0 amide bonds. The van der Waals surface area contributed by atoms with Crippen molar-refractivity contribution in [3.05, 3.63) is 0 Å². The van der Waals surface area contributed by atoms with Gasteiger partial charge in [-0.05, 0) is 38.3 Å². The minimum absolute atomic E-state index is 0.143. The maximum absolute atomic E-state index is 11.7. The lowest BCUT2D eigenvalue weighted by Crippen LogP contribution is -2.21. The predicted octanol–water partition coefficient (Wildman–Crippen LogP) is 3.20. The van der Waals surface area contributed by atoms with E-state index in [1.54, 1.807) is 0 Å². The third-order valence-corrected chi connectivity index (χ3v) is 2.75. The average molecular weight is 276 g/mol. The Balaban J connectivity index is 3.09. The van der Waals surface area contributed by atoms with Crippen LogP contribution in [-0.4, -0.2) is 38.4 Å². The molecule has 0 spiro atoms. The molecule has 1 unspecified atom stereocenters. The molecule has 0 aliphatic carbocycles. The summed E-state index contributed by atoms with van der Waals surface area (Å²) < 4.78 is 39.5. The fourth-order valence-corrected chi connectivity index (χ4v) is 1.42. The van der Waals surface area contributed by atoms with Crippen molar-refractivity contribution in [3.63, 3.8) is 0 Å². The number of hydrogen-bond donors (Lipinski definition) is 1. The third-order valence-electron chi connectivity index (χ3n) is 2.22. The molecule has 0 saturated heterocycles. The van der Waals surface area contributed by atoms with Gasteiger partial charge in [-0.15, -0.1) is 11.6 Å². The fraction of sp³-hybridized carbons (Fsp3) is 1.00. The second kappa shape index (κ2) is 9.97. The number of rotatable bonds is 10. The Morgan fingerprint density at radius 3 is 2.47 bits per heavy atom. The summed E-state index contributed by atoms with van der Waals surface area (Å²) in [7, 11) is 0. The summed E-state index contributed by atoms with van der Waals surface area (Å²) in [6, 6.07) is 0. The minimum Gasteiger partial charge on any atom is -0.372 e. The van der Waals surface area contributed by atoms with Crippen LogP contribution in [0.4, 0.5) is 13.2 Å². The average Bonchev–Trinajstić information content (AvgIpc) is 2.25. The Kier molecular flexibility index (Phi) is 9.97. The van der Waals surface area contributed by atoms with Crippen molar-refractivity contribution in [2.24, 2.45) is 5.92 Å². The smallest absolute Gasteiger partial charge is 0.372 e. The molecule has 0 aromatic heterocycles. The molecular weight excluding hydrogens is 255 g/mol. The van der Waals surface area contributed by atoms with E-state index >= 15 is 0 Å². The first-order chi connectivity index (χ1) is 7.95. The van der Waals surface area contributed by atoms with Crippen molar-refractivity contribution in [2.75, 3.05) is 32.2 Å². The van der Waals surface area contributed by atoms with Crippen LogP contribution in [0.15, 0.2) is 0 Å². The highest BCUT2D eigenvalue weighted by molar-refractivity contribution is 6.18. The summed E-state index contributed by atoms with van der Waals surface area (Å²) in [6.07, 6.45) is -1.51. The summed E-state index contributed by atoms with van der Waals surface area (Å²) in [5.74, 6) is 1.19. The summed E-state index contributed by atoms with van der Waals surface area (Å²) in [4.78, 5) is 0. The van der Waals surface area contributed by atoms with Crippen molar-refractivity contribution in [1.82, 2.24) is 5.32 Å². The van der Waals surface area contributed by atoms with Crippen LogP contribution in [0.25, 0.3) is 0 Å². The van der Waals surface area contributed by atoms with Gasteiger partial charge in [0.2, 0.25) is 0 Å². The molecule has 0 fully saturated rings. The van der Waals surface area contributed by atoms with E-state index in [0.29, 0.717) is 24.8 Å². The molecule has 104 valence electrons. The van der Waals surface area contributed by atoms with Crippen molar-refractivity contribution in [3.8, 4) is 0 Å². The van der Waals surface area contributed by atoms with E-state index in [1.807, 2.05) is 0 Å². The summed E-state index contributed by atoms with van der Waals surface area (Å²) in [5, 5.41) is 3.16. The van der Waals surface area contributed by atoms with Crippen LogP contribution in [0, 0.1) is 5.92 Å². The lowest BCUT2D eigenvalue weighted by molar-refractivity contribution is -0.173. The third kappa shape index (κ3) is 13.9. The lowest BCUT2D eigenvalue weighted by atomic mass is 10.1. The summed E-state index contributed by atoms with van der Waals surface area (Å²) >= 11 is 5.66. The van der Waals surface area contributed by atoms with Gasteiger partial charge in [0, 0.05) is 12.5 Å². The molecule has 1 N–H and O–H groups in total. The van der Waals surface area contributed by atoms with Gasteiger partial charge < -0.3 is 10.1 Å². The molecule has 0 aromatic rings. The van der Waals surface area contributed by atoms with Gasteiger partial charge in [-0.1, -0.05) is 6.92 Å². The van der Waals surface area contributed by atoms with E-state index in [1.165, 1.54) is 0 Å². The first-order valence-corrected chi connectivity index (χ1v) is 6.40. The molecule has 0 aromatic carbocycles. The van der Waals surface area contributed by atoms with Crippen LogP contribution < -0.4 is 5.32 Å². The van der Waals surface area contributed by atoms with Crippen molar-refractivity contribution >= 4 is 11.6 Å². The first kappa shape index (κ1) is 17.0. The zero-order valence-corrected chi connectivity index (χ0v) is 10.9. The molecule has 0 aliphatic heterocycles. The van der Waals surface area contributed by atoms with Gasteiger partial charge in [0.15, 0.2) is 0 Å². The van der Waals surface area contributed by atoms with E-state index < -0.39 is 12.8 Å². The van der Waals surface area contributed by atoms with Gasteiger partial charge >= 0.3 is 6.18 Å². The number of nitrogens with one attached hydrogen (secondary N) is 1. The highest BCUT2D eigenvalue weighted by Gasteiger charge is 2.27.